The van der Waals surface area contributed by atoms with Gasteiger partial charge in [-0.15, -0.1) is 0 Å². The average Bonchev–Trinajstić information content (AvgIpc) is 3.27. The van der Waals surface area contributed by atoms with Gasteiger partial charge in [0.1, 0.15) is 11.4 Å². The molecule has 0 spiro atoms. The number of allylic oxidation sites excluding steroid dienone is 1. The van der Waals surface area contributed by atoms with Gasteiger partial charge in [-0.2, -0.15) is 0 Å². The highest BCUT2D eigenvalue weighted by Crippen LogP contribution is 2.46. The van der Waals surface area contributed by atoms with Gasteiger partial charge in [0, 0.05) is 31.1 Å². The summed E-state index contributed by atoms with van der Waals surface area (Å²) in [5.41, 5.74) is 5.04. The largest absolute Gasteiger partial charge is 0.378 e. The third-order valence-electron chi connectivity index (χ3n) is 6.88. The Morgan fingerprint density at radius 1 is 0.784 bits per heavy atom. The molecule has 2 aliphatic rings. The fourth-order valence-corrected chi connectivity index (χ4v) is 5.30. The van der Waals surface area contributed by atoms with Crippen LogP contribution < -0.4 is 0 Å². The molecule has 37 heavy (non-hydrogen) atoms. The molecule has 5 nitrogen and oxygen atoms in total. The maximum atomic E-state index is 9.50. The van der Waals surface area contributed by atoms with E-state index in [1.807, 2.05) is 39.0 Å². The monoisotopic (exact) mass is 492 g/mol. The first kappa shape index (κ1) is 26.1. The second-order valence-electron chi connectivity index (χ2n) is 8.84. The zero-order valence-electron chi connectivity index (χ0n) is 21.9. The van der Waals surface area contributed by atoms with Gasteiger partial charge in [-0.1, -0.05) is 105 Å². The first-order valence-electron chi connectivity index (χ1n) is 13.0. The highest BCUT2D eigenvalue weighted by molar-refractivity contribution is 6.08. The van der Waals surface area contributed by atoms with E-state index in [0.29, 0.717) is 19.0 Å². The minimum Gasteiger partial charge on any atom is -0.378 e. The molecule has 0 radical (unpaired) electrons. The Morgan fingerprint density at radius 3 is 1.62 bits per heavy atom. The lowest BCUT2D eigenvalue weighted by atomic mass is 9.75. The third kappa shape index (κ3) is 4.75. The molecule has 190 valence electrons. The van der Waals surface area contributed by atoms with Crippen LogP contribution in [0.15, 0.2) is 114 Å². The summed E-state index contributed by atoms with van der Waals surface area (Å²) in [6.07, 6.45) is 3.47. The first-order valence-corrected chi connectivity index (χ1v) is 13.0. The average molecular weight is 493 g/mol. The van der Waals surface area contributed by atoms with Gasteiger partial charge in [0.15, 0.2) is 0 Å². The van der Waals surface area contributed by atoms with Gasteiger partial charge < -0.3 is 19.9 Å². The summed E-state index contributed by atoms with van der Waals surface area (Å²) in [6, 6.07) is 31.2. The molecule has 2 heterocycles. The fraction of sp³-hybridized carbons (Fsp3) is 0.250. The van der Waals surface area contributed by atoms with Crippen molar-refractivity contribution in [3.8, 4) is 0 Å². The maximum absolute atomic E-state index is 9.50. The molecule has 0 bridgehead atoms. The summed E-state index contributed by atoms with van der Waals surface area (Å²) in [4.78, 5) is 4.25. The molecule has 3 aromatic rings. The summed E-state index contributed by atoms with van der Waals surface area (Å²) in [5.74, 6) is 0.393. The van der Waals surface area contributed by atoms with Crippen LogP contribution in [-0.4, -0.2) is 48.2 Å². The number of hydrogen-bond acceptors (Lipinski definition) is 4. The van der Waals surface area contributed by atoms with Crippen molar-refractivity contribution in [1.82, 2.24) is 9.80 Å². The van der Waals surface area contributed by atoms with Gasteiger partial charge in [-0.05, 0) is 29.2 Å². The molecular formula is C32H36N4O. The molecule has 5 rings (SSSR count). The smallest absolute Gasteiger partial charge is 0.135 e. The topological polar surface area (TPSA) is 63.4 Å². The van der Waals surface area contributed by atoms with Crippen molar-refractivity contribution in [2.24, 2.45) is 0 Å². The second-order valence-corrected chi connectivity index (χ2v) is 8.84. The van der Waals surface area contributed by atoms with Crippen LogP contribution >= 0.6 is 0 Å². The molecule has 0 amide bonds. The Hall–Kier alpha value is -3.96. The van der Waals surface area contributed by atoms with Gasteiger partial charge in [0.05, 0.1) is 18.9 Å². The maximum Gasteiger partial charge on any atom is 0.135 e. The standard InChI is InChI=1S/C30H30N4O.C2H6/c1-23-22-34(29(32)28(23)27(21-31)33-17-19-35-20-18-33)30(24-11-5-2-6-12-24,25-13-7-3-8-14-25)26-15-9-4-10-16-26;1-2/h2-16,21-22,31-32H,17-20H2,1H3;1-2H3/b28-27+,31-21?,32-29?;. The Morgan fingerprint density at radius 2 is 1.22 bits per heavy atom. The lowest BCUT2D eigenvalue weighted by Crippen LogP contribution is -2.47. The molecule has 0 aliphatic carbocycles. The lowest BCUT2D eigenvalue weighted by Gasteiger charge is -2.44. The Bertz CT molecular complexity index is 1160. The highest BCUT2D eigenvalue weighted by Gasteiger charge is 2.46. The van der Waals surface area contributed by atoms with E-state index >= 15 is 0 Å². The predicted molar refractivity (Wildman–Crippen MR) is 152 cm³/mol. The minimum atomic E-state index is -0.748. The van der Waals surface area contributed by atoms with Crippen LogP contribution in [0.3, 0.4) is 0 Å². The zero-order chi connectivity index (χ0) is 26.3. The molecule has 1 saturated heterocycles. The summed E-state index contributed by atoms with van der Waals surface area (Å²) in [7, 11) is 0. The normalized spacial score (nSPS) is 17.1. The molecule has 0 unspecified atom stereocenters. The van der Waals surface area contributed by atoms with E-state index in [-0.39, 0.29) is 0 Å². The number of rotatable bonds is 6. The zero-order valence-corrected chi connectivity index (χ0v) is 21.9. The second kappa shape index (κ2) is 11.8. The van der Waals surface area contributed by atoms with Gasteiger partial charge in [-0.3, -0.25) is 5.41 Å². The Balaban J connectivity index is 0.00000156. The number of nitrogens with one attached hydrogen (secondary N) is 2. The fourth-order valence-electron chi connectivity index (χ4n) is 5.30. The summed E-state index contributed by atoms with van der Waals surface area (Å²) in [6.45, 7) is 8.74. The van der Waals surface area contributed by atoms with Crippen LogP contribution in [0, 0.1) is 10.8 Å². The van der Waals surface area contributed by atoms with Crippen molar-refractivity contribution in [2.45, 2.75) is 26.3 Å². The predicted octanol–water partition coefficient (Wildman–Crippen LogP) is 6.44. The van der Waals surface area contributed by atoms with E-state index in [9.17, 15) is 5.41 Å². The van der Waals surface area contributed by atoms with Gasteiger partial charge in [0.2, 0.25) is 0 Å². The van der Waals surface area contributed by atoms with Gasteiger partial charge in [0.25, 0.3) is 0 Å². The van der Waals surface area contributed by atoms with Crippen molar-refractivity contribution in [2.75, 3.05) is 26.3 Å². The quantitative estimate of drug-likeness (QED) is 0.308. The van der Waals surface area contributed by atoms with Gasteiger partial charge >= 0.3 is 0 Å². The van der Waals surface area contributed by atoms with Crippen LogP contribution in [0.1, 0.15) is 37.5 Å². The van der Waals surface area contributed by atoms with Crippen LogP contribution in [0.4, 0.5) is 0 Å². The molecule has 0 aromatic heterocycles. The molecule has 5 heteroatoms. The van der Waals surface area contributed by atoms with E-state index in [1.54, 1.807) is 0 Å². The van der Waals surface area contributed by atoms with Crippen molar-refractivity contribution in [1.29, 1.82) is 10.8 Å². The van der Waals surface area contributed by atoms with Crippen molar-refractivity contribution in [3.63, 3.8) is 0 Å². The molecule has 2 N–H and O–H groups in total. The molecule has 0 saturated carbocycles. The van der Waals surface area contributed by atoms with Crippen molar-refractivity contribution in [3.05, 3.63) is 131 Å². The third-order valence-corrected chi connectivity index (χ3v) is 6.88. The van der Waals surface area contributed by atoms with E-state index in [4.69, 9.17) is 10.1 Å². The molecule has 0 atom stereocenters. The van der Waals surface area contributed by atoms with E-state index in [0.717, 1.165) is 46.6 Å². The van der Waals surface area contributed by atoms with E-state index in [2.05, 4.69) is 88.8 Å². The van der Waals surface area contributed by atoms with Crippen LogP contribution in [0.5, 0.6) is 0 Å². The number of amidine groups is 1. The SMILES string of the molecule is CC.CC1=CN(C(c2ccccc2)(c2ccccc2)c2ccccc2)C(=N)/C1=C(\C=N)N1CCOCC1. The van der Waals surface area contributed by atoms with E-state index in [1.165, 1.54) is 6.21 Å². The summed E-state index contributed by atoms with van der Waals surface area (Å²) < 4.78 is 5.54. The van der Waals surface area contributed by atoms with Crippen LogP contribution in [0.2, 0.25) is 0 Å². The summed E-state index contributed by atoms with van der Waals surface area (Å²) in [5, 5.41) is 17.8. The first-order chi connectivity index (χ1) is 18.2. The molecule has 1 fully saturated rings. The number of ether oxygens (including phenoxy) is 1. The number of benzene rings is 3. The molecule has 2 aliphatic heterocycles. The van der Waals surface area contributed by atoms with Crippen molar-refractivity contribution >= 4 is 12.1 Å². The molecular weight excluding hydrogens is 456 g/mol. The van der Waals surface area contributed by atoms with Crippen LogP contribution in [0.25, 0.3) is 0 Å². The minimum absolute atomic E-state index is 0.393. The Labute approximate surface area is 220 Å². The van der Waals surface area contributed by atoms with Crippen LogP contribution in [-0.2, 0) is 10.3 Å². The highest BCUT2D eigenvalue weighted by atomic mass is 16.5. The number of hydrogen-bond donors (Lipinski definition) is 2. The molecule has 3 aromatic carbocycles. The van der Waals surface area contributed by atoms with Crippen molar-refractivity contribution < 1.29 is 4.74 Å². The summed E-state index contributed by atoms with van der Waals surface area (Å²) >= 11 is 0. The van der Waals surface area contributed by atoms with Gasteiger partial charge in [-0.25, -0.2) is 0 Å². The lowest BCUT2D eigenvalue weighted by molar-refractivity contribution is 0.0564. The number of morpholine rings is 1. The van der Waals surface area contributed by atoms with E-state index < -0.39 is 5.54 Å². The number of nitrogens with zero attached hydrogens (tertiary/aromatic N) is 2. The Kier molecular flexibility index (Phi) is 8.36.